The second kappa shape index (κ2) is 8.08. The Bertz CT molecular complexity index is 733. The number of aromatic nitrogens is 1. The second-order valence-electron chi connectivity index (χ2n) is 6.34. The van der Waals surface area contributed by atoms with Gasteiger partial charge in [0.2, 0.25) is 5.52 Å². The van der Waals surface area contributed by atoms with Gasteiger partial charge in [0.1, 0.15) is 0 Å². The molecule has 0 bridgehead atoms. The number of benzene rings is 1. The fourth-order valence-corrected chi connectivity index (χ4v) is 3.43. The molecule has 0 unspecified atom stereocenters. The van der Waals surface area contributed by atoms with E-state index in [1.165, 1.54) is 6.20 Å². The molecular weight excluding hydrogens is 342 g/mol. The molecule has 0 aliphatic carbocycles. The predicted molar refractivity (Wildman–Crippen MR) is 98.5 cm³/mol. The molecule has 7 heteroatoms. The van der Waals surface area contributed by atoms with Crippen LogP contribution in [0.1, 0.15) is 6.42 Å². The van der Waals surface area contributed by atoms with Crippen molar-refractivity contribution in [3.8, 4) is 11.5 Å². The highest BCUT2D eigenvalue weighted by atomic mass is 35.5. The van der Waals surface area contributed by atoms with Crippen LogP contribution < -0.4 is 14.2 Å². The number of fused-ring (bicyclic) bond motifs is 1. The summed E-state index contributed by atoms with van der Waals surface area (Å²) in [6.07, 6.45) is 2.32. The molecule has 2 aromatic rings. The Morgan fingerprint density at radius 2 is 2.04 bits per heavy atom. The van der Waals surface area contributed by atoms with Gasteiger partial charge < -0.3 is 24.5 Å². The lowest BCUT2D eigenvalue weighted by Crippen LogP contribution is -2.44. The van der Waals surface area contributed by atoms with Crippen molar-refractivity contribution in [1.82, 2.24) is 9.80 Å². The highest BCUT2D eigenvalue weighted by Crippen LogP contribution is 2.39. The van der Waals surface area contributed by atoms with Crippen LogP contribution in [0.25, 0.3) is 10.9 Å². The molecule has 0 N–H and O–H groups in total. The van der Waals surface area contributed by atoms with E-state index in [4.69, 9.17) is 21.1 Å². The molecule has 1 aliphatic rings. The van der Waals surface area contributed by atoms with Crippen molar-refractivity contribution >= 4 is 22.5 Å². The lowest BCUT2D eigenvalue weighted by atomic mass is 10.2. The second-order valence-corrected chi connectivity index (χ2v) is 6.72. The van der Waals surface area contributed by atoms with Crippen LogP contribution in [0.4, 0.5) is 0 Å². The van der Waals surface area contributed by atoms with Crippen LogP contribution in [0.15, 0.2) is 24.4 Å². The standard InChI is InChI=1S/C18H24ClN3O3/c1-20-8-10-21(11-9-20)6-4-12-25-18-15(24-2)13-14-5-3-7-22(23)17(14)16(18)19/h3,5,7,13H,4,6,8-12H2,1-2H3. The smallest absolute Gasteiger partial charge is 0.246 e. The number of methoxy groups -OCH3 is 1. The first kappa shape index (κ1) is 18.0. The molecule has 1 aliphatic heterocycles. The van der Waals surface area contributed by atoms with Crippen LogP contribution in [-0.4, -0.2) is 63.3 Å². The van der Waals surface area contributed by atoms with Gasteiger partial charge in [-0.15, -0.1) is 0 Å². The molecular formula is C18H24ClN3O3. The van der Waals surface area contributed by atoms with Gasteiger partial charge >= 0.3 is 0 Å². The maximum absolute atomic E-state index is 12.0. The quantitative estimate of drug-likeness (QED) is 0.446. The Morgan fingerprint density at radius 3 is 2.76 bits per heavy atom. The van der Waals surface area contributed by atoms with Crippen LogP contribution in [0.2, 0.25) is 5.02 Å². The zero-order valence-corrected chi connectivity index (χ0v) is 15.5. The summed E-state index contributed by atoms with van der Waals surface area (Å²) in [5.74, 6) is 0.981. The third kappa shape index (κ3) is 4.08. The summed E-state index contributed by atoms with van der Waals surface area (Å²) in [5, 5.41) is 13.1. The molecule has 1 fully saturated rings. The van der Waals surface area contributed by atoms with Crippen molar-refractivity contribution in [3.63, 3.8) is 0 Å². The zero-order chi connectivity index (χ0) is 17.8. The van der Waals surface area contributed by atoms with E-state index in [9.17, 15) is 5.21 Å². The van der Waals surface area contributed by atoms with Gasteiger partial charge in [-0.1, -0.05) is 11.6 Å². The topological polar surface area (TPSA) is 51.9 Å². The Morgan fingerprint density at radius 1 is 1.28 bits per heavy atom. The fraction of sp³-hybridized carbons (Fsp3) is 0.500. The number of ether oxygens (including phenoxy) is 2. The highest BCUT2D eigenvalue weighted by molar-refractivity contribution is 6.36. The van der Waals surface area contributed by atoms with Crippen LogP contribution in [0.5, 0.6) is 11.5 Å². The summed E-state index contributed by atoms with van der Waals surface area (Å²) in [4.78, 5) is 4.78. The van der Waals surface area contributed by atoms with Crippen LogP contribution >= 0.6 is 11.6 Å². The Kier molecular flexibility index (Phi) is 5.83. The summed E-state index contributed by atoms with van der Waals surface area (Å²) in [6, 6.07) is 5.29. The minimum Gasteiger partial charge on any atom is -0.618 e. The van der Waals surface area contributed by atoms with Crippen molar-refractivity contribution in [2.45, 2.75) is 6.42 Å². The first-order valence-electron chi connectivity index (χ1n) is 8.52. The molecule has 2 heterocycles. The van der Waals surface area contributed by atoms with Gasteiger partial charge in [-0.05, 0) is 25.6 Å². The molecule has 0 amide bonds. The van der Waals surface area contributed by atoms with E-state index in [2.05, 4.69) is 16.8 Å². The SMILES string of the molecule is COc1cc2ccc[n+]([O-])c2c(Cl)c1OCCCN1CCN(C)CC1. The van der Waals surface area contributed by atoms with E-state index in [1.54, 1.807) is 19.2 Å². The highest BCUT2D eigenvalue weighted by Gasteiger charge is 2.20. The summed E-state index contributed by atoms with van der Waals surface area (Å²) in [5.41, 5.74) is 0.402. The van der Waals surface area contributed by atoms with E-state index < -0.39 is 0 Å². The van der Waals surface area contributed by atoms with Gasteiger partial charge in [0.25, 0.3) is 0 Å². The largest absolute Gasteiger partial charge is 0.618 e. The summed E-state index contributed by atoms with van der Waals surface area (Å²) >= 11 is 6.43. The predicted octanol–water partition coefficient (Wildman–Crippen LogP) is 2.15. The number of piperazine rings is 1. The molecule has 3 rings (SSSR count). The van der Waals surface area contributed by atoms with Crippen LogP contribution in [0, 0.1) is 5.21 Å². The number of halogens is 1. The van der Waals surface area contributed by atoms with Crippen molar-refractivity contribution in [3.05, 3.63) is 34.6 Å². The summed E-state index contributed by atoms with van der Waals surface area (Å²) < 4.78 is 12.0. The number of rotatable bonds is 6. The van der Waals surface area contributed by atoms with E-state index in [0.29, 0.717) is 28.6 Å². The van der Waals surface area contributed by atoms with Crippen LogP contribution in [-0.2, 0) is 0 Å². The van der Waals surface area contributed by atoms with E-state index in [1.807, 2.05) is 6.07 Å². The van der Waals surface area contributed by atoms with Gasteiger partial charge in [0, 0.05) is 38.8 Å². The molecule has 1 aromatic carbocycles. The average Bonchev–Trinajstić information content (AvgIpc) is 2.61. The van der Waals surface area contributed by atoms with Gasteiger partial charge in [-0.2, -0.15) is 4.73 Å². The zero-order valence-electron chi connectivity index (χ0n) is 14.7. The Hall–Kier alpha value is -1.76. The first-order valence-corrected chi connectivity index (χ1v) is 8.90. The van der Waals surface area contributed by atoms with Gasteiger partial charge in [0.15, 0.2) is 22.7 Å². The van der Waals surface area contributed by atoms with E-state index in [0.717, 1.165) is 49.3 Å². The van der Waals surface area contributed by atoms with Crippen molar-refractivity contribution in [2.75, 3.05) is 53.5 Å². The van der Waals surface area contributed by atoms with Crippen molar-refractivity contribution in [1.29, 1.82) is 0 Å². The van der Waals surface area contributed by atoms with E-state index in [-0.39, 0.29) is 0 Å². The minimum atomic E-state index is 0.296. The maximum atomic E-state index is 12.0. The third-order valence-electron chi connectivity index (χ3n) is 4.59. The van der Waals surface area contributed by atoms with Gasteiger partial charge in [-0.3, -0.25) is 0 Å². The molecule has 1 aromatic heterocycles. The molecule has 0 radical (unpaired) electrons. The molecule has 25 heavy (non-hydrogen) atoms. The summed E-state index contributed by atoms with van der Waals surface area (Å²) in [7, 11) is 3.72. The molecule has 0 atom stereocenters. The molecule has 1 saturated heterocycles. The monoisotopic (exact) mass is 365 g/mol. The molecule has 6 nitrogen and oxygen atoms in total. The fourth-order valence-electron chi connectivity index (χ4n) is 3.09. The Labute approximate surface area is 153 Å². The lowest BCUT2D eigenvalue weighted by Gasteiger charge is -2.32. The molecule has 0 saturated carbocycles. The minimum absolute atomic E-state index is 0.296. The van der Waals surface area contributed by atoms with Crippen LogP contribution in [0.3, 0.4) is 0 Å². The Balaban J connectivity index is 1.66. The first-order chi connectivity index (χ1) is 12.1. The normalized spacial score (nSPS) is 16.3. The number of hydrogen-bond acceptors (Lipinski definition) is 5. The number of pyridine rings is 1. The number of nitrogens with zero attached hydrogens (tertiary/aromatic N) is 3. The molecule has 0 spiro atoms. The van der Waals surface area contributed by atoms with Crippen molar-refractivity contribution < 1.29 is 14.2 Å². The number of likely N-dealkylation sites (N-methyl/N-ethyl adjacent to an activating group) is 1. The van der Waals surface area contributed by atoms with Gasteiger partial charge in [0.05, 0.1) is 19.1 Å². The van der Waals surface area contributed by atoms with E-state index >= 15 is 0 Å². The average molecular weight is 366 g/mol. The van der Waals surface area contributed by atoms with Gasteiger partial charge in [-0.25, -0.2) is 0 Å². The maximum Gasteiger partial charge on any atom is 0.246 e. The summed E-state index contributed by atoms with van der Waals surface area (Å²) in [6.45, 7) is 5.91. The van der Waals surface area contributed by atoms with Crippen molar-refractivity contribution in [2.24, 2.45) is 0 Å². The number of hydrogen-bond donors (Lipinski definition) is 0. The lowest BCUT2D eigenvalue weighted by molar-refractivity contribution is -0.576. The molecule has 136 valence electrons. The third-order valence-corrected chi connectivity index (χ3v) is 4.94.